The van der Waals surface area contributed by atoms with Crippen molar-refractivity contribution >= 4 is 23.2 Å². The van der Waals surface area contributed by atoms with Crippen LogP contribution in [0.25, 0.3) is 0 Å². The Bertz CT molecular complexity index is 300. The first-order valence-electron chi connectivity index (χ1n) is 3.78. The molecule has 1 rings (SSSR count). The second-order valence-corrected chi connectivity index (χ2v) is 3.96. The van der Waals surface area contributed by atoms with Gasteiger partial charge in [-0.3, -0.25) is 0 Å². The van der Waals surface area contributed by atoms with Crippen LogP contribution in [0.4, 0.5) is 0 Å². The van der Waals surface area contributed by atoms with Gasteiger partial charge in [0.1, 0.15) is 16.7 Å². The maximum absolute atomic E-state index is 9.54. The van der Waals surface area contributed by atoms with Gasteiger partial charge in [0.05, 0.1) is 0 Å². The summed E-state index contributed by atoms with van der Waals surface area (Å²) in [4.78, 5) is -0.937. The van der Waals surface area contributed by atoms with Crippen molar-refractivity contribution < 1.29 is 10.2 Å². The monoisotopic (exact) mass is 220 g/mol. The molecule has 0 saturated carbocycles. The third-order valence-electron chi connectivity index (χ3n) is 1.83. The van der Waals surface area contributed by atoms with Gasteiger partial charge in [-0.1, -0.05) is 18.2 Å². The second kappa shape index (κ2) is 4.18. The Kier molecular flexibility index (Phi) is 3.42. The lowest BCUT2D eigenvalue weighted by Gasteiger charge is -2.14. The van der Waals surface area contributed by atoms with E-state index < -0.39 is 10.9 Å². The van der Waals surface area contributed by atoms with Crippen molar-refractivity contribution in [2.24, 2.45) is 0 Å². The number of rotatable bonds is 2. The van der Waals surface area contributed by atoms with Crippen LogP contribution in [0.3, 0.4) is 0 Å². The lowest BCUT2D eigenvalue weighted by molar-refractivity contribution is 0.188. The summed E-state index contributed by atoms with van der Waals surface area (Å²) in [6.07, 6.45) is -1.05. The summed E-state index contributed by atoms with van der Waals surface area (Å²) in [5, 5.41) is 19.0. The predicted molar refractivity (Wildman–Crippen MR) is 53.3 cm³/mol. The topological polar surface area (TPSA) is 40.5 Å². The molecular weight excluding hydrogens is 211 g/mol. The standard InChI is InChI=1S/C9H10Cl2O2/c1-5-3-2-4-6(7(5)12)8(13)9(10)11/h2-4,8-9,12-13H,1H3. The van der Waals surface area contributed by atoms with Crippen molar-refractivity contribution in [2.45, 2.75) is 17.9 Å². The highest BCUT2D eigenvalue weighted by molar-refractivity contribution is 6.44. The molecule has 0 radical (unpaired) electrons. The number of halogens is 2. The molecule has 0 aliphatic rings. The highest BCUT2D eigenvalue weighted by Gasteiger charge is 2.19. The molecule has 2 N–H and O–H groups in total. The van der Waals surface area contributed by atoms with Crippen molar-refractivity contribution in [1.82, 2.24) is 0 Å². The average Bonchev–Trinajstić information content (AvgIpc) is 2.08. The largest absolute Gasteiger partial charge is 0.507 e. The Labute approximate surface area is 86.7 Å². The maximum atomic E-state index is 9.54. The minimum absolute atomic E-state index is 0.0429. The molecular formula is C9H10Cl2O2. The summed E-state index contributed by atoms with van der Waals surface area (Å²) in [7, 11) is 0. The SMILES string of the molecule is Cc1cccc(C(O)C(Cl)Cl)c1O. The molecule has 0 aliphatic heterocycles. The number of hydrogen-bond acceptors (Lipinski definition) is 2. The van der Waals surface area contributed by atoms with E-state index in [-0.39, 0.29) is 5.75 Å². The zero-order valence-electron chi connectivity index (χ0n) is 7.04. The molecule has 0 saturated heterocycles. The number of aliphatic hydroxyl groups is 1. The Morgan fingerprint density at radius 1 is 1.31 bits per heavy atom. The maximum Gasteiger partial charge on any atom is 0.137 e. The van der Waals surface area contributed by atoms with Crippen LogP contribution in [-0.4, -0.2) is 15.0 Å². The zero-order chi connectivity index (χ0) is 10.0. The smallest absolute Gasteiger partial charge is 0.137 e. The quantitative estimate of drug-likeness (QED) is 0.753. The van der Waals surface area contributed by atoms with E-state index in [1.54, 1.807) is 25.1 Å². The van der Waals surface area contributed by atoms with E-state index in [2.05, 4.69) is 0 Å². The highest BCUT2D eigenvalue weighted by atomic mass is 35.5. The third kappa shape index (κ3) is 2.27. The minimum atomic E-state index is -1.05. The van der Waals surface area contributed by atoms with Gasteiger partial charge in [0, 0.05) is 5.56 Å². The molecule has 0 aromatic heterocycles. The third-order valence-corrected chi connectivity index (χ3v) is 2.30. The molecule has 1 aromatic carbocycles. The van der Waals surface area contributed by atoms with Gasteiger partial charge in [0.15, 0.2) is 0 Å². The number of aryl methyl sites for hydroxylation is 1. The van der Waals surface area contributed by atoms with E-state index in [4.69, 9.17) is 23.2 Å². The molecule has 1 aromatic rings. The first kappa shape index (κ1) is 10.6. The van der Waals surface area contributed by atoms with E-state index in [0.29, 0.717) is 11.1 Å². The van der Waals surface area contributed by atoms with Gasteiger partial charge in [-0.25, -0.2) is 0 Å². The molecule has 2 nitrogen and oxygen atoms in total. The minimum Gasteiger partial charge on any atom is -0.507 e. The number of alkyl halides is 2. The molecule has 0 heterocycles. The molecule has 0 fully saturated rings. The normalized spacial score (nSPS) is 13.3. The number of phenols is 1. The van der Waals surface area contributed by atoms with E-state index in [1.807, 2.05) is 0 Å². The van der Waals surface area contributed by atoms with Crippen LogP contribution in [0.5, 0.6) is 5.75 Å². The summed E-state index contributed by atoms with van der Waals surface area (Å²) in [5.41, 5.74) is 1.04. The molecule has 4 heteroatoms. The van der Waals surface area contributed by atoms with Gasteiger partial charge in [0.25, 0.3) is 0 Å². The second-order valence-electron chi connectivity index (χ2n) is 2.79. The van der Waals surface area contributed by atoms with Gasteiger partial charge in [0.2, 0.25) is 0 Å². The average molecular weight is 221 g/mol. The van der Waals surface area contributed by atoms with Crippen molar-refractivity contribution in [1.29, 1.82) is 0 Å². The first-order chi connectivity index (χ1) is 6.04. The Morgan fingerprint density at radius 2 is 1.92 bits per heavy atom. The summed E-state index contributed by atoms with van der Waals surface area (Å²) in [5.74, 6) is 0.0429. The van der Waals surface area contributed by atoms with Crippen LogP contribution in [-0.2, 0) is 0 Å². The molecule has 1 unspecified atom stereocenters. The van der Waals surface area contributed by atoms with Crippen LogP contribution >= 0.6 is 23.2 Å². The van der Waals surface area contributed by atoms with Gasteiger partial charge < -0.3 is 10.2 Å². The van der Waals surface area contributed by atoms with E-state index in [9.17, 15) is 10.2 Å². The summed E-state index contributed by atoms with van der Waals surface area (Å²) in [6.45, 7) is 1.74. The Hall–Kier alpha value is -0.440. The van der Waals surface area contributed by atoms with Gasteiger partial charge in [-0.2, -0.15) is 0 Å². The van der Waals surface area contributed by atoms with E-state index in [0.717, 1.165) is 0 Å². The van der Waals surface area contributed by atoms with Crippen molar-refractivity contribution in [2.75, 3.05) is 0 Å². The summed E-state index contributed by atoms with van der Waals surface area (Å²) < 4.78 is 0. The van der Waals surface area contributed by atoms with Crippen LogP contribution in [0.2, 0.25) is 0 Å². The fourth-order valence-electron chi connectivity index (χ4n) is 1.06. The summed E-state index contributed by atoms with van der Waals surface area (Å²) in [6, 6.07) is 5.05. The highest BCUT2D eigenvalue weighted by Crippen LogP contribution is 2.32. The fraction of sp³-hybridized carbons (Fsp3) is 0.333. The van der Waals surface area contributed by atoms with E-state index >= 15 is 0 Å². The number of aromatic hydroxyl groups is 1. The van der Waals surface area contributed by atoms with Crippen LogP contribution in [0, 0.1) is 6.92 Å². The zero-order valence-corrected chi connectivity index (χ0v) is 8.55. The summed E-state index contributed by atoms with van der Waals surface area (Å²) >= 11 is 11.0. The van der Waals surface area contributed by atoms with Crippen LogP contribution in [0.1, 0.15) is 17.2 Å². The first-order valence-corrected chi connectivity index (χ1v) is 4.66. The Morgan fingerprint density at radius 3 is 2.46 bits per heavy atom. The molecule has 1 atom stereocenters. The molecule has 0 amide bonds. The lowest BCUT2D eigenvalue weighted by atomic mass is 10.1. The molecule has 0 bridgehead atoms. The van der Waals surface area contributed by atoms with Gasteiger partial charge in [-0.05, 0) is 12.5 Å². The predicted octanol–water partition coefficient (Wildman–Crippen LogP) is 2.54. The van der Waals surface area contributed by atoms with Crippen LogP contribution in [0.15, 0.2) is 18.2 Å². The number of hydrogen-bond donors (Lipinski definition) is 2. The fourth-order valence-corrected chi connectivity index (χ4v) is 1.33. The lowest BCUT2D eigenvalue weighted by Crippen LogP contribution is -2.06. The van der Waals surface area contributed by atoms with Crippen molar-refractivity contribution in [3.8, 4) is 5.75 Å². The number of aliphatic hydroxyl groups excluding tert-OH is 1. The molecule has 0 spiro atoms. The van der Waals surface area contributed by atoms with Crippen molar-refractivity contribution in [3.63, 3.8) is 0 Å². The van der Waals surface area contributed by atoms with E-state index in [1.165, 1.54) is 0 Å². The van der Waals surface area contributed by atoms with Gasteiger partial charge >= 0.3 is 0 Å². The Balaban J connectivity index is 3.07. The number of benzene rings is 1. The van der Waals surface area contributed by atoms with Crippen LogP contribution < -0.4 is 0 Å². The molecule has 13 heavy (non-hydrogen) atoms. The number of phenolic OH excluding ortho intramolecular Hbond substituents is 1. The number of para-hydroxylation sites is 1. The molecule has 0 aliphatic carbocycles. The van der Waals surface area contributed by atoms with Gasteiger partial charge in [-0.15, -0.1) is 23.2 Å². The van der Waals surface area contributed by atoms with Crippen molar-refractivity contribution in [3.05, 3.63) is 29.3 Å². The molecule has 72 valence electrons.